The van der Waals surface area contributed by atoms with E-state index in [2.05, 4.69) is 9.98 Å². The van der Waals surface area contributed by atoms with Crippen molar-refractivity contribution in [2.75, 3.05) is 25.9 Å². The standard InChI is InChI=1S/C27H31N5O3/c1-29-24(21-10-6-3-7-11-21)25-23(28)26(34)32(19-30-25)18-27(35)14-16-31(17-15-27)22(33)13-12-20-8-4-2-5-9-20/h2-11,19,35H,12-18,28H2,1H3. The van der Waals surface area contributed by atoms with Crippen LogP contribution in [0.3, 0.4) is 0 Å². The van der Waals surface area contributed by atoms with Gasteiger partial charge >= 0.3 is 0 Å². The molecule has 35 heavy (non-hydrogen) atoms. The smallest absolute Gasteiger partial charge is 0.277 e. The first-order valence-electron chi connectivity index (χ1n) is 11.8. The molecule has 0 spiro atoms. The molecule has 1 amide bonds. The average Bonchev–Trinajstić information content (AvgIpc) is 2.89. The lowest BCUT2D eigenvalue weighted by Crippen LogP contribution is -2.50. The first-order chi connectivity index (χ1) is 16.9. The molecule has 4 rings (SSSR count). The molecule has 3 N–H and O–H groups in total. The highest BCUT2D eigenvalue weighted by Crippen LogP contribution is 2.25. The summed E-state index contributed by atoms with van der Waals surface area (Å²) < 4.78 is 1.35. The lowest BCUT2D eigenvalue weighted by Gasteiger charge is -2.38. The van der Waals surface area contributed by atoms with E-state index in [4.69, 9.17) is 5.73 Å². The van der Waals surface area contributed by atoms with Gasteiger partial charge in [-0.3, -0.25) is 19.1 Å². The minimum absolute atomic E-state index is 0.00548. The maximum absolute atomic E-state index is 13.0. The molecule has 2 heterocycles. The zero-order valence-electron chi connectivity index (χ0n) is 19.9. The maximum atomic E-state index is 13.0. The Morgan fingerprint density at radius 1 is 1.09 bits per heavy atom. The molecule has 2 aromatic carbocycles. The topological polar surface area (TPSA) is 114 Å². The molecule has 0 saturated carbocycles. The Kier molecular flexibility index (Phi) is 7.41. The van der Waals surface area contributed by atoms with Gasteiger partial charge in [0.05, 0.1) is 24.2 Å². The summed E-state index contributed by atoms with van der Waals surface area (Å²) in [6.07, 6.45) is 3.30. The van der Waals surface area contributed by atoms with Crippen LogP contribution in [0.4, 0.5) is 5.69 Å². The predicted molar refractivity (Wildman–Crippen MR) is 136 cm³/mol. The van der Waals surface area contributed by atoms with Crippen LogP contribution < -0.4 is 11.3 Å². The number of aryl methyl sites for hydroxylation is 1. The van der Waals surface area contributed by atoms with Gasteiger partial charge in [-0.25, -0.2) is 4.98 Å². The van der Waals surface area contributed by atoms with E-state index in [1.807, 2.05) is 60.7 Å². The molecular formula is C27H31N5O3. The van der Waals surface area contributed by atoms with Crippen LogP contribution in [0.15, 0.2) is 76.8 Å². The molecule has 0 bridgehead atoms. The second-order valence-corrected chi connectivity index (χ2v) is 8.97. The molecule has 8 heteroatoms. The molecule has 8 nitrogen and oxygen atoms in total. The van der Waals surface area contributed by atoms with Crippen LogP contribution in [0.1, 0.15) is 36.1 Å². The molecule has 0 unspecified atom stereocenters. The van der Waals surface area contributed by atoms with Crippen molar-refractivity contribution in [3.63, 3.8) is 0 Å². The van der Waals surface area contributed by atoms with Crippen molar-refractivity contribution in [3.8, 4) is 0 Å². The summed E-state index contributed by atoms with van der Waals surface area (Å²) >= 11 is 0. The summed E-state index contributed by atoms with van der Waals surface area (Å²) in [4.78, 5) is 36.1. The Hall–Kier alpha value is -3.78. The van der Waals surface area contributed by atoms with Crippen molar-refractivity contribution in [2.24, 2.45) is 4.99 Å². The van der Waals surface area contributed by atoms with Crippen molar-refractivity contribution in [1.29, 1.82) is 0 Å². The number of carbonyl (C=O) groups excluding carboxylic acids is 1. The highest BCUT2D eigenvalue weighted by molar-refractivity contribution is 6.14. The second-order valence-electron chi connectivity index (χ2n) is 8.97. The molecular weight excluding hydrogens is 442 g/mol. The summed E-state index contributed by atoms with van der Waals surface area (Å²) in [6.45, 7) is 0.959. The Bertz CT molecular complexity index is 1250. The summed E-state index contributed by atoms with van der Waals surface area (Å²) in [5, 5.41) is 11.2. The Balaban J connectivity index is 1.40. The van der Waals surface area contributed by atoms with Crippen LogP contribution in [-0.2, 0) is 17.8 Å². The number of piperidine rings is 1. The van der Waals surface area contributed by atoms with Crippen LogP contribution in [0.25, 0.3) is 0 Å². The van der Waals surface area contributed by atoms with Crippen LogP contribution in [0.5, 0.6) is 0 Å². The van der Waals surface area contributed by atoms with E-state index in [1.165, 1.54) is 10.9 Å². The van der Waals surface area contributed by atoms with Crippen molar-refractivity contribution in [1.82, 2.24) is 14.5 Å². The number of aromatic nitrogens is 2. The van der Waals surface area contributed by atoms with E-state index >= 15 is 0 Å². The first kappa shape index (κ1) is 24.3. The number of anilines is 1. The van der Waals surface area contributed by atoms with E-state index < -0.39 is 11.2 Å². The SMILES string of the molecule is CN=C(c1ccccc1)c1ncn(CC2(O)CCN(C(=O)CCc3ccccc3)CC2)c(=O)c1N. The van der Waals surface area contributed by atoms with Crippen LogP contribution >= 0.6 is 0 Å². The molecule has 0 aliphatic carbocycles. The normalized spacial score (nSPS) is 15.7. The molecule has 0 radical (unpaired) electrons. The zero-order chi connectivity index (χ0) is 24.8. The van der Waals surface area contributed by atoms with Gasteiger partial charge in [0.1, 0.15) is 11.4 Å². The van der Waals surface area contributed by atoms with Gasteiger partial charge in [-0.1, -0.05) is 60.7 Å². The molecule has 3 aromatic rings. The third-order valence-electron chi connectivity index (χ3n) is 6.55. The highest BCUT2D eigenvalue weighted by Gasteiger charge is 2.34. The second kappa shape index (κ2) is 10.7. The molecule has 1 saturated heterocycles. The summed E-state index contributed by atoms with van der Waals surface area (Å²) in [6, 6.07) is 19.3. The monoisotopic (exact) mass is 473 g/mol. The molecule has 1 aliphatic rings. The molecule has 0 atom stereocenters. The minimum Gasteiger partial charge on any atom is -0.392 e. The van der Waals surface area contributed by atoms with E-state index in [-0.39, 0.29) is 18.1 Å². The number of benzene rings is 2. The van der Waals surface area contributed by atoms with Gasteiger partial charge in [0.25, 0.3) is 5.56 Å². The Morgan fingerprint density at radius 2 is 1.71 bits per heavy atom. The van der Waals surface area contributed by atoms with E-state index in [1.54, 1.807) is 11.9 Å². The van der Waals surface area contributed by atoms with Crippen LogP contribution in [0, 0.1) is 0 Å². The number of hydrogen-bond donors (Lipinski definition) is 2. The Morgan fingerprint density at radius 3 is 2.34 bits per heavy atom. The molecule has 182 valence electrons. The summed E-state index contributed by atoms with van der Waals surface area (Å²) in [5.41, 5.74) is 7.45. The maximum Gasteiger partial charge on any atom is 0.277 e. The number of nitrogens with zero attached hydrogens (tertiary/aromatic N) is 4. The quantitative estimate of drug-likeness (QED) is 0.511. The predicted octanol–water partition coefficient (Wildman–Crippen LogP) is 2.28. The van der Waals surface area contributed by atoms with Gasteiger partial charge < -0.3 is 15.7 Å². The Labute approximate surface area is 204 Å². The third kappa shape index (κ3) is 5.66. The molecule has 1 aliphatic heterocycles. The van der Waals surface area contributed by atoms with Crippen molar-refractivity contribution in [3.05, 3.63) is 94.2 Å². The number of nitrogens with two attached hydrogens (primary N) is 1. The highest BCUT2D eigenvalue weighted by atomic mass is 16.3. The molecule has 1 fully saturated rings. The number of aliphatic imine (C=N–C) groups is 1. The number of likely N-dealkylation sites (tertiary alicyclic amines) is 1. The van der Waals surface area contributed by atoms with Gasteiger partial charge in [-0.05, 0) is 24.8 Å². The first-order valence-corrected chi connectivity index (χ1v) is 11.8. The van der Waals surface area contributed by atoms with E-state index in [9.17, 15) is 14.7 Å². The number of rotatable bonds is 7. The van der Waals surface area contributed by atoms with Gasteiger partial charge in [-0.2, -0.15) is 0 Å². The number of amides is 1. The minimum atomic E-state index is -1.11. The zero-order valence-corrected chi connectivity index (χ0v) is 19.9. The van der Waals surface area contributed by atoms with E-state index in [0.29, 0.717) is 50.2 Å². The summed E-state index contributed by atoms with van der Waals surface area (Å²) in [7, 11) is 1.63. The lowest BCUT2D eigenvalue weighted by atomic mass is 9.91. The van der Waals surface area contributed by atoms with Crippen LogP contribution in [0.2, 0.25) is 0 Å². The number of nitrogen functional groups attached to an aromatic ring is 1. The number of aliphatic hydroxyl groups is 1. The fourth-order valence-corrected chi connectivity index (χ4v) is 4.48. The van der Waals surface area contributed by atoms with Gasteiger partial charge in [-0.15, -0.1) is 0 Å². The van der Waals surface area contributed by atoms with Crippen molar-refractivity contribution in [2.45, 2.75) is 37.8 Å². The largest absolute Gasteiger partial charge is 0.392 e. The summed E-state index contributed by atoms with van der Waals surface area (Å²) in [5.74, 6) is 0.0793. The van der Waals surface area contributed by atoms with Crippen LogP contribution in [-0.4, -0.2) is 56.9 Å². The number of hydrogen-bond acceptors (Lipinski definition) is 6. The van der Waals surface area contributed by atoms with Gasteiger partial charge in [0, 0.05) is 32.1 Å². The fourth-order valence-electron chi connectivity index (χ4n) is 4.48. The number of carbonyl (C=O) groups is 1. The average molecular weight is 474 g/mol. The van der Waals surface area contributed by atoms with E-state index in [0.717, 1.165) is 11.1 Å². The molecule has 1 aromatic heterocycles. The van der Waals surface area contributed by atoms with Gasteiger partial charge in [0.15, 0.2) is 0 Å². The fraction of sp³-hybridized carbons (Fsp3) is 0.333. The van der Waals surface area contributed by atoms with Crippen molar-refractivity contribution < 1.29 is 9.90 Å². The van der Waals surface area contributed by atoms with Gasteiger partial charge in [0.2, 0.25) is 5.91 Å². The van der Waals surface area contributed by atoms with Crippen molar-refractivity contribution >= 4 is 17.3 Å². The lowest BCUT2D eigenvalue weighted by molar-refractivity contribution is -0.135. The third-order valence-corrected chi connectivity index (χ3v) is 6.55.